The Morgan fingerprint density at radius 3 is 1.19 bits per heavy atom. The zero-order valence-corrected chi connectivity index (χ0v) is 70.3. The highest BCUT2D eigenvalue weighted by Gasteiger charge is 2.24. The average molecular weight is 1570 g/mol. The second kappa shape index (κ2) is 34.0. The molecule has 24 rings (SSSR count). The number of furan rings is 1. The van der Waals surface area contributed by atoms with Crippen LogP contribution in [0.2, 0.25) is 0 Å². The van der Waals surface area contributed by atoms with Gasteiger partial charge in [0.25, 0.3) is 0 Å². The smallest absolute Gasteiger partial charge is 0.138 e. The van der Waals surface area contributed by atoms with Crippen LogP contribution in [0.25, 0.3) is 152 Å². The van der Waals surface area contributed by atoms with Crippen LogP contribution in [0.4, 0.5) is 0 Å². The van der Waals surface area contributed by atoms with Crippen LogP contribution < -0.4 is 0 Å². The van der Waals surface area contributed by atoms with Gasteiger partial charge in [0.05, 0.1) is 44.1 Å². The minimum atomic E-state index is 0.688. The molecule has 0 saturated heterocycles. The summed E-state index contributed by atoms with van der Waals surface area (Å²) < 4.78 is 18.7. The molecule has 0 atom stereocenters. The molecule has 120 heavy (non-hydrogen) atoms. The van der Waals surface area contributed by atoms with Gasteiger partial charge in [0.1, 0.15) is 11.2 Å². The number of para-hydroxylation sites is 11. The molecule has 2 aliphatic carbocycles. The van der Waals surface area contributed by atoms with Crippen LogP contribution in [0, 0.1) is 41.5 Å². The Kier molecular flexibility index (Phi) is 21.7. The highest BCUT2D eigenvalue weighted by Crippen LogP contribution is 2.46. The van der Waals surface area contributed by atoms with Crippen molar-refractivity contribution < 1.29 is 4.42 Å². The number of thiophene rings is 1. The van der Waals surface area contributed by atoms with Crippen molar-refractivity contribution in [3.8, 4) is 22.7 Å². The zero-order chi connectivity index (χ0) is 81.2. The molecule has 0 bridgehead atoms. The number of hydrogen-bond donors (Lipinski definition) is 0. The molecule has 6 heteroatoms. The first kappa shape index (κ1) is 76.7. The Morgan fingerprint density at radius 2 is 0.600 bits per heavy atom. The summed E-state index contributed by atoms with van der Waals surface area (Å²) in [7, 11) is 0. The van der Waals surface area contributed by atoms with Gasteiger partial charge in [0.15, 0.2) is 0 Å². The highest BCUT2D eigenvalue weighted by molar-refractivity contribution is 7.26. The molecule has 16 aromatic carbocycles. The van der Waals surface area contributed by atoms with Crippen LogP contribution in [-0.4, -0.2) is 18.3 Å². The second-order valence-electron chi connectivity index (χ2n) is 33.0. The normalized spacial score (nSPS) is 13.2. The van der Waals surface area contributed by atoms with E-state index in [9.17, 15) is 0 Å². The van der Waals surface area contributed by atoms with Gasteiger partial charge in [-0.15, -0.1) is 11.3 Å². The second-order valence-corrected chi connectivity index (χ2v) is 34.0. The van der Waals surface area contributed by atoms with Crippen molar-refractivity contribution in [1.29, 1.82) is 0 Å². The number of aryl methyl sites for hydroxylation is 6. The van der Waals surface area contributed by atoms with Crippen molar-refractivity contribution in [1.82, 2.24) is 18.3 Å². The molecule has 5 nitrogen and oxygen atoms in total. The number of benzene rings is 16. The molecular weight excluding hydrogens is 1470 g/mol. The molecule has 2 saturated carbocycles. The highest BCUT2D eigenvalue weighted by atomic mass is 32.1. The first-order valence-electron chi connectivity index (χ1n) is 43.1. The van der Waals surface area contributed by atoms with Crippen molar-refractivity contribution in [3.05, 3.63) is 408 Å². The van der Waals surface area contributed by atoms with Crippen LogP contribution in [0.5, 0.6) is 0 Å². The van der Waals surface area contributed by atoms with Crippen molar-refractivity contribution >= 4 is 141 Å². The first-order valence-corrected chi connectivity index (χ1v) is 43.9. The van der Waals surface area contributed by atoms with Crippen molar-refractivity contribution in [2.45, 2.75) is 118 Å². The summed E-state index contributed by atoms with van der Waals surface area (Å²) in [4.78, 5) is 0. The number of hydrogen-bond acceptors (Lipinski definition) is 2. The van der Waals surface area contributed by atoms with E-state index in [1.807, 2.05) is 11.3 Å². The van der Waals surface area contributed by atoms with Crippen molar-refractivity contribution in [2.24, 2.45) is 0 Å². The van der Waals surface area contributed by atoms with Gasteiger partial charge in [-0.05, 0) is 215 Å². The van der Waals surface area contributed by atoms with E-state index in [4.69, 9.17) is 4.42 Å². The Morgan fingerprint density at radius 1 is 0.233 bits per heavy atom. The predicted molar refractivity (Wildman–Crippen MR) is 516 cm³/mol. The third-order valence-electron chi connectivity index (χ3n) is 25.1. The third kappa shape index (κ3) is 14.7. The lowest BCUT2D eigenvalue weighted by molar-refractivity contribution is 0.442. The molecule has 588 valence electrons. The molecule has 0 radical (unpaired) electrons. The van der Waals surface area contributed by atoms with Gasteiger partial charge in [-0.3, -0.25) is 0 Å². The van der Waals surface area contributed by atoms with E-state index in [-0.39, 0.29) is 0 Å². The van der Waals surface area contributed by atoms with E-state index in [0.717, 1.165) is 17.1 Å². The van der Waals surface area contributed by atoms with Crippen LogP contribution in [0.3, 0.4) is 0 Å². The first-order chi connectivity index (χ1) is 59.1. The molecule has 0 amide bonds. The van der Waals surface area contributed by atoms with Crippen LogP contribution in [0.1, 0.15) is 121 Å². The summed E-state index contributed by atoms with van der Waals surface area (Å²) >= 11 is 2.01. The molecule has 0 spiro atoms. The molecule has 0 N–H and O–H groups in total. The quantitative estimate of drug-likeness (QED) is 0.163. The van der Waals surface area contributed by atoms with Crippen LogP contribution in [0.15, 0.2) is 368 Å². The third-order valence-corrected chi connectivity index (χ3v) is 26.5. The molecule has 2 aliphatic rings. The van der Waals surface area contributed by atoms with Crippen LogP contribution in [-0.2, 0) is 0 Å². The Hall–Kier alpha value is -13.3. The van der Waals surface area contributed by atoms with Gasteiger partial charge in [-0.2, -0.15) is 0 Å². The minimum Gasteiger partial charge on any atom is -0.455 e. The summed E-state index contributed by atoms with van der Waals surface area (Å²) in [5, 5.41) is 16.0. The lowest BCUT2D eigenvalue weighted by Crippen LogP contribution is -2.04. The molecule has 2 fully saturated rings. The van der Waals surface area contributed by atoms with Gasteiger partial charge in [0.2, 0.25) is 0 Å². The van der Waals surface area contributed by atoms with Crippen molar-refractivity contribution in [2.75, 3.05) is 0 Å². The molecule has 6 aromatic heterocycles. The molecule has 0 unspecified atom stereocenters. The summed E-state index contributed by atoms with van der Waals surface area (Å²) in [6.45, 7) is 13.0. The van der Waals surface area contributed by atoms with E-state index in [1.54, 1.807) is 10.3 Å². The molecule has 0 aliphatic heterocycles. The minimum absolute atomic E-state index is 0.688. The summed E-state index contributed by atoms with van der Waals surface area (Å²) in [6, 6.07) is 130. The lowest BCUT2D eigenvalue weighted by atomic mass is 9.83. The van der Waals surface area contributed by atoms with Gasteiger partial charge < -0.3 is 22.7 Å². The molecule has 22 aromatic rings. The van der Waals surface area contributed by atoms with Crippen molar-refractivity contribution in [3.63, 3.8) is 0 Å². The number of aromatic nitrogens is 4. The van der Waals surface area contributed by atoms with E-state index in [2.05, 4.69) is 424 Å². The monoisotopic (exact) mass is 1570 g/mol. The van der Waals surface area contributed by atoms with Gasteiger partial charge in [-0.1, -0.05) is 311 Å². The van der Waals surface area contributed by atoms with E-state index in [1.165, 1.54) is 239 Å². The maximum atomic E-state index is 6.27. The summed E-state index contributed by atoms with van der Waals surface area (Å²) in [5.74, 6) is 1.48. The van der Waals surface area contributed by atoms with E-state index in [0.29, 0.717) is 5.92 Å². The fourth-order valence-corrected chi connectivity index (χ4v) is 20.8. The van der Waals surface area contributed by atoms with Gasteiger partial charge in [0, 0.05) is 96.8 Å². The largest absolute Gasteiger partial charge is 0.455 e. The Labute approximate surface area is 707 Å². The fraction of sp³-hybridized carbons (Fsp3) is 0.158. The number of rotatable bonds is 6. The maximum absolute atomic E-state index is 6.27. The van der Waals surface area contributed by atoms with E-state index < -0.39 is 0 Å². The predicted octanol–water partition coefficient (Wildman–Crippen LogP) is 32.7. The standard InChI is InChI=1S/4C19H15N.C19H20O.C19H20S/c1-14-8-7-12-17-16-11-5-6-13-18(16)20(19(14)17)15-9-3-2-4-10-15;1-14-8-7-13-18-19(14)16-11-5-6-12-17(16)20(18)15-9-3-2-4-10-15;1-14-11-12-19-17(13-14)16-9-5-6-10-18(16)20(19)15-7-3-2-4-8-15;1-14-11-12-17-16-9-5-6-10-18(16)20(19(17)13-14)15-7-3-2-4-8-15;2*1-13-7-5-11-16-17-12-6-10-15(19(17)20-18(13)16)14-8-3-2-4-9-14/h4*2-13H,1H3;2*5-7,10-12,14H,2-4,8-9H2,1H3. The summed E-state index contributed by atoms with van der Waals surface area (Å²) in [5.41, 5.74) is 28.1. The van der Waals surface area contributed by atoms with E-state index >= 15 is 0 Å². The molecular formula is C114H100N4OS. The number of nitrogens with zero attached hydrogens (tertiary/aromatic N) is 4. The average Bonchev–Trinajstić information content (AvgIpc) is 1.62. The molecule has 6 heterocycles. The number of fused-ring (bicyclic) bond motifs is 18. The summed E-state index contributed by atoms with van der Waals surface area (Å²) in [6.07, 6.45) is 13.8. The topological polar surface area (TPSA) is 32.9 Å². The zero-order valence-electron chi connectivity index (χ0n) is 69.5. The van der Waals surface area contributed by atoms with Gasteiger partial charge in [-0.25, -0.2) is 0 Å². The fourth-order valence-electron chi connectivity index (χ4n) is 19.4. The van der Waals surface area contributed by atoms with Gasteiger partial charge >= 0.3 is 0 Å². The van der Waals surface area contributed by atoms with Crippen LogP contribution >= 0.6 is 11.3 Å². The Balaban J connectivity index is 0.0000000952. The lowest BCUT2D eigenvalue weighted by Gasteiger charge is -2.22. The SMILES string of the molecule is Cc1ccc2c(c1)c1ccccc1n2-c1ccccc1.Cc1ccc2c3ccccc3n(-c3ccccc3)c2c1.Cc1cccc2c1c1ccccc1n2-c1ccccc1.Cc1cccc2c1oc1c(C3CCCCC3)cccc12.Cc1cccc2c1sc1c(C3CCCCC3)cccc12.Cc1cccc2c3ccccc3n(-c3ccccc3)c12. The maximum Gasteiger partial charge on any atom is 0.138 e. The Bertz CT molecular complexity index is 7230.